The van der Waals surface area contributed by atoms with E-state index in [1.54, 1.807) is 0 Å². The maximum Gasteiger partial charge on any atom is 0.134 e. The quantitative estimate of drug-likeness (QED) is 0.871. The molecule has 17 heavy (non-hydrogen) atoms. The van der Waals surface area contributed by atoms with Crippen molar-refractivity contribution in [3.05, 3.63) is 27.7 Å². The maximum atomic E-state index is 10.2. The number of phenolic OH excluding ortho intramolecular Hbond substituents is 1. The van der Waals surface area contributed by atoms with E-state index in [2.05, 4.69) is 28.9 Å². The monoisotopic (exact) mass is 297 g/mol. The number of hydrogen-bond acceptors (Lipinski definition) is 2. The largest absolute Gasteiger partial charge is 0.506 e. The fraction of sp³-hybridized carbons (Fsp3) is 0.571. The Hall–Kier alpha value is -0.540. The predicted octanol–water partition coefficient (Wildman–Crippen LogP) is 3.84. The van der Waals surface area contributed by atoms with Crippen LogP contribution in [0.4, 0.5) is 0 Å². The molecule has 1 aromatic rings. The third kappa shape index (κ3) is 2.50. The first-order chi connectivity index (χ1) is 8.07. The lowest BCUT2D eigenvalue weighted by atomic mass is 9.76. The summed E-state index contributed by atoms with van der Waals surface area (Å²) in [6.45, 7) is 2.12. The molecule has 1 aromatic carbocycles. The van der Waals surface area contributed by atoms with Crippen molar-refractivity contribution >= 4 is 15.9 Å². The second kappa shape index (κ2) is 4.99. The molecule has 0 atom stereocenters. The van der Waals surface area contributed by atoms with Gasteiger partial charge in [-0.15, -0.1) is 0 Å². The van der Waals surface area contributed by atoms with Crippen molar-refractivity contribution in [1.82, 2.24) is 0 Å². The highest BCUT2D eigenvalue weighted by Gasteiger charge is 2.32. The molecule has 1 aliphatic carbocycles. The fourth-order valence-corrected chi connectivity index (χ4v) is 3.20. The van der Waals surface area contributed by atoms with Crippen LogP contribution in [-0.4, -0.2) is 5.11 Å². The number of rotatable bonds is 2. The number of hydrogen-bond donors (Lipinski definition) is 2. The summed E-state index contributed by atoms with van der Waals surface area (Å²) in [4.78, 5) is 0. The van der Waals surface area contributed by atoms with Crippen molar-refractivity contribution in [3.63, 3.8) is 0 Å². The number of halogens is 1. The Kier molecular flexibility index (Phi) is 3.79. The van der Waals surface area contributed by atoms with E-state index in [0.717, 1.165) is 42.1 Å². The second-order valence-electron chi connectivity index (χ2n) is 5.04. The standard InChI is InChI=1S/C14H20BrNO/c1-2-10-8-11(13(17)12(15)9-10)14(16)6-4-3-5-7-14/h8-9,17H,2-7,16H2,1H3. The third-order valence-electron chi connectivity index (χ3n) is 3.81. The molecule has 0 spiro atoms. The molecule has 0 radical (unpaired) electrons. The molecule has 1 fully saturated rings. The highest BCUT2D eigenvalue weighted by molar-refractivity contribution is 9.10. The van der Waals surface area contributed by atoms with Crippen LogP contribution >= 0.6 is 15.9 Å². The van der Waals surface area contributed by atoms with Crippen LogP contribution in [-0.2, 0) is 12.0 Å². The van der Waals surface area contributed by atoms with Crippen LogP contribution < -0.4 is 5.73 Å². The summed E-state index contributed by atoms with van der Waals surface area (Å²) in [7, 11) is 0. The molecular formula is C14H20BrNO. The number of aryl methyl sites for hydroxylation is 1. The molecule has 1 aliphatic rings. The van der Waals surface area contributed by atoms with Crippen LogP contribution in [0.25, 0.3) is 0 Å². The number of benzene rings is 1. The van der Waals surface area contributed by atoms with Gasteiger partial charge in [0.15, 0.2) is 0 Å². The molecule has 0 aromatic heterocycles. The van der Waals surface area contributed by atoms with Gasteiger partial charge < -0.3 is 10.8 Å². The number of aromatic hydroxyl groups is 1. The summed E-state index contributed by atoms with van der Waals surface area (Å²) in [5.74, 6) is 0.326. The van der Waals surface area contributed by atoms with E-state index in [1.165, 1.54) is 12.0 Å². The van der Waals surface area contributed by atoms with Gasteiger partial charge in [0.25, 0.3) is 0 Å². The first-order valence-electron chi connectivity index (χ1n) is 6.37. The normalized spacial score (nSPS) is 19.2. The number of phenols is 1. The smallest absolute Gasteiger partial charge is 0.134 e. The third-order valence-corrected chi connectivity index (χ3v) is 4.42. The lowest BCUT2D eigenvalue weighted by Crippen LogP contribution is -2.38. The minimum Gasteiger partial charge on any atom is -0.506 e. The number of nitrogens with two attached hydrogens (primary N) is 1. The van der Waals surface area contributed by atoms with Crippen molar-refractivity contribution in [2.75, 3.05) is 0 Å². The zero-order chi connectivity index (χ0) is 12.5. The van der Waals surface area contributed by atoms with Crippen LogP contribution in [0.15, 0.2) is 16.6 Å². The first kappa shape index (κ1) is 12.9. The Balaban J connectivity index is 2.45. The molecule has 94 valence electrons. The van der Waals surface area contributed by atoms with Gasteiger partial charge in [0, 0.05) is 11.1 Å². The second-order valence-corrected chi connectivity index (χ2v) is 5.90. The Morgan fingerprint density at radius 3 is 2.53 bits per heavy atom. The van der Waals surface area contributed by atoms with Gasteiger partial charge in [0.1, 0.15) is 5.75 Å². The Morgan fingerprint density at radius 2 is 1.94 bits per heavy atom. The van der Waals surface area contributed by atoms with Crippen molar-refractivity contribution in [1.29, 1.82) is 0 Å². The lowest BCUT2D eigenvalue weighted by Gasteiger charge is -2.35. The van der Waals surface area contributed by atoms with Gasteiger partial charge in [0.05, 0.1) is 4.47 Å². The molecule has 0 saturated heterocycles. The maximum absolute atomic E-state index is 10.2. The van der Waals surface area contributed by atoms with Gasteiger partial charge in [0.2, 0.25) is 0 Å². The topological polar surface area (TPSA) is 46.2 Å². The predicted molar refractivity (Wildman–Crippen MR) is 74.1 cm³/mol. The van der Waals surface area contributed by atoms with Gasteiger partial charge in [-0.2, -0.15) is 0 Å². The molecule has 2 rings (SSSR count). The summed E-state index contributed by atoms with van der Waals surface area (Å²) < 4.78 is 0.766. The molecule has 0 unspecified atom stereocenters. The van der Waals surface area contributed by atoms with Gasteiger partial charge in [-0.05, 0) is 46.8 Å². The SMILES string of the molecule is CCc1cc(Br)c(O)c(C2(N)CCCCC2)c1. The van der Waals surface area contributed by atoms with Crippen LogP contribution in [0, 0.1) is 0 Å². The molecule has 3 N–H and O–H groups in total. The van der Waals surface area contributed by atoms with E-state index in [0.29, 0.717) is 5.75 Å². The molecule has 3 heteroatoms. The van der Waals surface area contributed by atoms with E-state index in [4.69, 9.17) is 5.73 Å². The van der Waals surface area contributed by atoms with Crippen LogP contribution in [0.1, 0.15) is 50.2 Å². The molecule has 1 saturated carbocycles. The van der Waals surface area contributed by atoms with Crippen molar-refractivity contribution in [2.45, 2.75) is 51.0 Å². The fourth-order valence-electron chi connectivity index (χ4n) is 2.69. The van der Waals surface area contributed by atoms with E-state index in [-0.39, 0.29) is 5.54 Å². The minimum absolute atomic E-state index is 0.326. The highest BCUT2D eigenvalue weighted by Crippen LogP contribution is 2.42. The zero-order valence-corrected chi connectivity index (χ0v) is 11.9. The highest BCUT2D eigenvalue weighted by atomic mass is 79.9. The van der Waals surface area contributed by atoms with Crippen molar-refractivity contribution in [3.8, 4) is 5.75 Å². The van der Waals surface area contributed by atoms with Crippen LogP contribution in [0.5, 0.6) is 5.75 Å². The summed E-state index contributed by atoms with van der Waals surface area (Å²) in [5, 5.41) is 10.2. The van der Waals surface area contributed by atoms with Crippen LogP contribution in [0.2, 0.25) is 0 Å². The molecule has 2 nitrogen and oxygen atoms in total. The molecule has 0 aliphatic heterocycles. The van der Waals surface area contributed by atoms with Gasteiger partial charge in [-0.1, -0.05) is 32.3 Å². The molecular weight excluding hydrogens is 278 g/mol. The van der Waals surface area contributed by atoms with Gasteiger partial charge in [-0.25, -0.2) is 0 Å². The van der Waals surface area contributed by atoms with E-state index < -0.39 is 0 Å². The van der Waals surface area contributed by atoms with E-state index >= 15 is 0 Å². The Morgan fingerprint density at radius 1 is 1.29 bits per heavy atom. The summed E-state index contributed by atoms with van der Waals surface area (Å²) in [5.41, 5.74) is 8.30. The Bertz CT molecular complexity index is 411. The minimum atomic E-state index is -0.337. The van der Waals surface area contributed by atoms with E-state index in [1.807, 2.05) is 6.07 Å². The average molecular weight is 298 g/mol. The van der Waals surface area contributed by atoms with E-state index in [9.17, 15) is 5.11 Å². The van der Waals surface area contributed by atoms with Gasteiger partial charge in [-0.3, -0.25) is 0 Å². The molecule has 0 heterocycles. The first-order valence-corrected chi connectivity index (χ1v) is 7.17. The summed E-state index contributed by atoms with van der Waals surface area (Å²) >= 11 is 3.42. The summed E-state index contributed by atoms with van der Waals surface area (Å²) in [6.07, 6.45) is 6.48. The lowest BCUT2D eigenvalue weighted by molar-refractivity contribution is 0.291. The summed E-state index contributed by atoms with van der Waals surface area (Å²) in [6, 6.07) is 4.05. The van der Waals surface area contributed by atoms with Crippen LogP contribution in [0.3, 0.4) is 0 Å². The molecule has 0 bridgehead atoms. The van der Waals surface area contributed by atoms with Gasteiger partial charge >= 0.3 is 0 Å². The van der Waals surface area contributed by atoms with Crippen molar-refractivity contribution < 1.29 is 5.11 Å². The molecule has 0 amide bonds. The Labute approximate surface area is 111 Å². The van der Waals surface area contributed by atoms with Crippen molar-refractivity contribution in [2.24, 2.45) is 5.73 Å². The zero-order valence-electron chi connectivity index (χ0n) is 10.3. The average Bonchev–Trinajstić information content (AvgIpc) is 2.33.